The van der Waals surface area contributed by atoms with Gasteiger partial charge in [0.05, 0.1) is 12.6 Å². The molecule has 0 radical (unpaired) electrons. The van der Waals surface area contributed by atoms with E-state index in [0.29, 0.717) is 0 Å². The second-order valence-electron chi connectivity index (χ2n) is 6.60. The summed E-state index contributed by atoms with van der Waals surface area (Å²) < 4.78 is 5.98. The Hall–Kier alpha value is -1.06. The van der Waals surface area contributed by atoms with Gasteiger partial charge < -0.3 is 4.74 Å². The van der Waals surface area contributed by atoms with Gasteiger partial charge in [0.25, 0.3) is 0 Å². The van der Waals surface area contributed by atoms with Crippen LogP contribution in [0.25, 0.3) is 0 Å². The third-order valence-electron chi connectivity index (χ3n) is 5.13. The summed E-state index contributed by atoms with van der Waals surface area (Å²) in [7, 11) is 0. The fourth-order valence-corrected chi connectivity index (χ4v) is 3.96. The maximum Gasteiger partial charge on any atom is 0.127 e. The van der Waals surface area contributed by atoms with Crippen molar-refractivity contribution in [3.05, 3.63) is 29.3 Å². The van der Waals surface area contributed by atoms with Crippen LogP contribution in [0.1, 0.15) is 62.6 Å². The van der Waals surface area contributed by atoms with Crippen LogP contribution in [0.5, 0.6) is 5.75 Å². The fourth-order valence-electron chi connectivity index (χ4n) is 3.96. The third kappa shape index (κ3) is 2.45. The van der Waals surface area contributed by atoms with E-state index in [4.69, 9.17) is 10.6 Å². The molecular formula is C17H26N2O. The summed E-state index contributed by atoms with van der Waals surface area (Å²) in [5.74, 6) is 7.04. The number of fused-ring (bicyclic) bond motifs is 1. The molecule has 1 fully saturated rings. The van der Waals surface area contributed by atoms with Crippen LogP contribution in [0, 0.1) is 5.41 Å². The number of hydrogen-bond acceptors (Lipinski definition) is 3. The van der Waals surface area contributed by atoms with Gasteiger partial charge in [0, 0.05) is 5.56 Å². The SMILES string of the molecule is CC1(C(NN)c2cccc3c2OCCC3)CCCCC1. The van der Waals surface area contributed by atoms with Gasteiger partial charge in [0.2, 0.25) is 0 Å². The van der Waals surface area contributed by atoms with Crippen molar-refractivity contribution >= 4 is 0 Å². The summed E-state index contributed by atoms with van der Waals surface area (Å²) in [6, 6.07) is 6.72. The molecule has 1 heterocycles. The average Bonchev–Trinajstić information content (AvgIpc) is 2.49. The lowest BCUT2D eigenvalue weighted by Crippen LogP contribution is -2.41. The highest BCUT2D eigenvalue weighted by atomic mass is 16.5. The fraction of sp³-hybridized carbons (Fsp3) is 0.647. The lowest BCUT2D eigenvalue weighted by Gasteiger charge is -2.41. The van der Waals surface area contributed by atoms with Crippen LogP contribution in [0.3, 0.4) is 0 Å². The maximum atomic E-state index is 5.98. The zero-order valence-electron chi connectivity index (χ0n) is 12.5. The van der Waals surface area contributed by atoms with Crippen molar-refractivity contribution in [2.45, 2.75) is 57.9 Å². The highest BCUT2D eigenvalue weighted by Gasteiger charge is 2.37. The van der Waals surface area contributed by atoms with Crippen molar-refractivity contribution in [1.82, 2.24) is 5.43 Å². The number of hydrogen-bond donors (Lipinski definition) is 2. The second kappa shape index (κ2) is 5.74. The van der Waals surface area contributed by atoms with Gasteiger partial charge in [-0.2, -0.15) is 0 Å². The smallest absolute Gasteiger partial charge is 0.127 e. The monoisotopic (exact) mass is 274 g/mol. The molecule has 2 aliphatic rings. The predicted molar refractivity (Wildman–Crippen MR) is 81.5 cm³/mol. The van der Waals surface area contributed by atoms with Crippen LogP contribution in [0.4, 0.5) is 0 Å². The minimum atomic E-state index is 0.191. The molecule has 1 aliphatic carbocycles. The van der Waals surface area contributed by atoms with E-state index in [0.717, 1.165) is 25.2 Å². The van der Waals surface area contributed by atoms with Gasteiger partial charge >= 0.3 is 0 Å². The molecule has 0 aromatic heterocycles. The standard InChI is InChI=1S/C17H26N2O/c1-17(10-3-2-4-11-17)16(19-18)14-9-5-7-13-8-6-12-20-15(13)14/h5,7,9,16,19H,2-4,6,8,10-12,18H2,1H3. The Bertz CT molecular complexity index is 466. The normalized spacial score (nSPS) is 22.7. The van der Waals surface area contributed by atoms with Gasteiger partial charge in [0.1, 0.15) is 5.75 Å². The first-order valence-corrected chi connectivity index (χ1v) is 7.95. The number of nitrogens with one attached hydrogen (secondary N) is 1. The Balaban J connectivity index is 1.97. The maximum absolute atomic E-state index is 5.98. The van der Waals surface area contributed by atoms with Crippen LogP contribution in [0.15, 0.2) is 18.2 Å². The first kappa shape index (κ1) is 13.9. The number of para-hydroxylation sites is 1. The highest BCUT2D eigenvalue weighted by Crippen LogP contribution is 2.48. The highest BCUT2D eigenvalue weighted by molar-refractivity contribution is 5.45. The van der Waals surface area contributed by atoms with Crippen molar-refractivity contribution in [2.24, 2.45) is 11.3 Å². The Morgan fingerprint density at radius 1 is 1.20 bits per heavy atom. The Kier molecular flexibility index (Phi) is 3.99. The topological polar surface area (TPSA) is 47.3 Å². The van der Waals surface area contributed by atoms with Crippen molar-refractivity contribution in [1.29, 1.82) is 0 Å². The minimum absolute atomic E-state index is 0.191. The van der Waals surface area contributed by atoms with Crippen molar-refractivity contribution in [3.8, 4) is 5.75 Å². The molecule has 1 unspecified atom stereocenters. The van der Waals surface area contributed by atoms with E-state index >= 15 is 0 Å². The van der Waals surface area contributed by atoms with Crippen molar-refractivity contribution < 1.29 is 4.74 Å². The minimum Gasteiger partial charge on any atom is -0.493 e. The van der Waals surface area contributed by atoms with E-state index < -0.39 is 0 Å². The summed E-state index contributed by atoms with van der Waals surface area (Å²) in [6.45, 7) is 3.21. The van der Waals surface area contributed by atoms with Gasteiger partial charge in [-0.25, -0.2) is 0 Å². The largest absolute Gasteiger partial charge is 0.493 e. The first-order chi connectivity index (χ1) is 9.74. The number of rotatable bonds is 3. The number of nitrogens with two attached hydrogens (primary N) is 1. The molecule has 1 aromatic carbocycles. The van der Waals surface area contributed by atoms with E-state index in [-0.39, 0.29) is 11.5 Å². The molecule has 3 nitrogen and oxygen atoms in total. The average molecular weight is 274 g/mol. The van der Waals surface area contributed by atoms with Gasteiger partial charge in [-0.3, -0.25) is 11.3 Å². The molecule has 20 heavy (non-hydrogen) atoms. The van der Waals surface area contributed by atoms with Gasteiger partial charge in [-0.15, -0.1) is 0 Å². The molecule has 1 atom stereocenters. The lowest BCUT2D eigenvalue weighted by atomic mass is 9.68. The molecule has 0 saturated heterocycles. The predicted octanol–water partition coefficient (Wildman–Crippen LogP) is 3.49. The van der Waals surface area contributed by atoms with E-state index in [1.165, 1.54) is 43.2 Å². The molecule has 3 heteroatoms. The molecule has 0 spiro atoms. The summed E-state index contributed by atoms with van der Waals surface area (Å²) in [5, 5.41) is 0. The Morgan fingerprint density at radius 2 is 2.00 bits per heavy atom. The zero-order valence-corrected chi connectivity index (χ0v) is 12.5. The molecule has 1 aliphatic heterocycles. The van der Waals surface area contributed by atoms with Crippen LogP contribution in [0.2, 0.25) is 0 Å². The van der Waals surface area contributed by atoms with Crippen molar-refractivity contribution in [3.63, 3.8) is 0 Å². The number of aryl methyl sites for hydroxylation is 1. The van der Waals surface area contributed by atoms with Gasteiger partial charge in [-0.05, 0) is 36.7 Å². The van der Waals surface area contributed by atoms with Crippen LogP contribution in [-0.2, 0) is 6.42 Å². The molecule has 3 rings (SSSR count). The van der Waals surface area contributed by atoms with Crippen molar-refractivity contribution in [2.75, 3.05) is 6.61 Å². The van der Waals surface area contributed by atoms with Gasteiger partial charge in [0.15, 0.2) is 0 Å². The Morgan fingerprint density at radius 3 is 2.75 bits per heavy atom. The molecular weight excluding hydrogens is 248 g/mol. The van der Waals surface area contributed by atoms with E-state index in [2.05, 4.69) is 30.5 Å². The summed E-state index contributed by atoms with van der Waals surface area (Å²) in [5.41, 5.74) is 5.94. The van der Waals surface area contributed by atoms with Crippen LogP contribution < -0.4 is 16.0 Å². The summed E-state index contributed by atoms with van der Waals surface area (Å²) >= 11 is 0. The molecule has 0 bridgehead atoms. The van der Waals surface area contributed by atoms with Gasteiger partial charge in [-0.1, -0.05) is 44.4 Å². The molecule has 3 N–H and O–H groups in total. The number of benzene rings is 1. The number of hydrazine groups is 1. The Labute approximate surface area is 121 Å². The van der Waals surface area contributed by atoms with E-state index in [1.807, 2.05) is 0 Å². The van der Waals surface area contributed by atoms with Crippen LogP contribution >= 0.6 is 0 Å². The molecule has 0 amide bonds. The summed E-state index contributed by atoms with van der Waals surface area (Å²) in [4.78, 5) is 0. The summed E-state index contributed by atoms with van der Waals surface area (Å²) in [6.07, 6.45) is 8.70. The molecule has 110 valence electrons. The van der Waals surface area contributed by atoms with E-state index in [1.54, 1.807) is 0 Å². The third-order valence-corrected chi connectivity index (χ3v) is 5.13. The lowest BCUT2D eigenvalue weighted by molar-refractivity contribution is 0.141. The van der Waals surface area contributed by atoms with Crippen LogP contribution in [-0.4, -0.2) is 6.61 Å². The second-order valence-corrected chi connectivity index (χ2v) is 6.60. The molecule has 1 aromatic rings. The quantitative estimate of drug-likeness (QED) is 0.655. The first-order valence-electron chi connectivity index (χ1n) is 7.95. The van der Waals surface area contributed by atoms with E-state index in [9.17, 15) is 0 Å². The molecule has 1 saturated carbocycles. The zero-order chi connectivity index (χ0) is 14.0. The number of ether oxygens (including phenoxy) is 1.